The van der Waals surface area contributed by atoms with E-state index in [1.807, 2.05) is 0 Å². The molecular formula is C12H11ClN2O4S3. The zero-order valence-corrected chi connectivity index (χ0v) is 14.4. The second kappa shape index (κ2) is 6.47. The molecular weight excluding hydrogens is 368 g/mol. The van der Waals surface area contributed by atoms with Crippen molar-refractivity contribution in [2.24, 2.45) is 5.14 Å². The first-order valence-corrected chi connectivity index (χ1v) is 9.69. The molecule has 0 aliphatic rings. The van der Waals surface area contributed by atoms with Crippen LogP contribution in [0.3, 0.4) is 0 Å². The molecule has 0 bridgehead atoms. The van der Waals surface area contributed by atoms with Crippen LogP contribution in [0.15, 0.2) is 43.6 Å². The van der Waals surface area contributed by atoms with Crippen molar-refractivity contribution in [3.05, 3.63) is 35.4 Å². The number of amides is 1. The maximum Gasteiger partial charge on any atom is 0.247 e. The van der Waals surface area contributed by atoms with Crippen LogP contribution in [-0.2, 0) is 25.6 Å². The van der Waals surface area contributed by atoms with Gasteiger partial charge in [0.1, 0.15) is 4.21 Å². The van der Waals surface area contributed by atoms with Crippen LogP contribution in [0, 0.1) is 0 Å². The minimum atomic E-state index is -3.82. The van der Waals surface area contributed by atoms with Crippen molar-refractivity contribution < 1.29 is 17.4 Å². The van der Waals surface area contributed by atoms with Crippen molar-refractivity contribution in [1.29, 1.82) is 0 Å². The fraction of sp³-hybridized carbons (Fsp3) is 0.0833. The van der Waals surface area contributed by atoms with E-state index in [0.717, 1.165) is 11.3 Å². The standard InChI is InChI=1S/C12H11ClN2O4S3/c1-7(16)15-10-3-2-8(6-9(10)13)21(17)11-4-5-12(20-11)22(14,18)19/h2-6H,1H3,(H,15,16)(H2,14,18,19)/t21-/m1/s1. The summed E-state index contributed by atoms with van der Waals surface area (Å²) in [6.45, 7) is 1.35. The molecule has 0 saturated carbocycles. The predicted octanol–water partition coefficient (Wildman–Crippen LogP) is 2.17. The van der Waals surface area contributed by atoms with E-state index < -0.39 is 20.8 Å². The van der Waals surface area contributed by atoms with Crippen LogP contribution < -0.4 is 10.5 Å². The van der Waals surface area contributed by atoms with Crippen LogP contribution in [0.25, 0.3) is 0 Å². The number of sulfonamides is 1. The Labute approximate surface area is 138 Å². The number of carbonyl (C=O) groups excluding carboxylic acids is 1. The monoisotopic (exact) mass is 378 g/mol. The number of thiophene rings is 1. The molecule has 0 aliphatic heterocycles. The van der Waals surface area contributed by atoms with Gasteiger partial charge in [-0.1, -0.05) is 11.6 Å². The molecule has 1 heterocycles. The average molecular weight is 379 g/mol. The summed E-state index contributed by atoms with van der Waals surface area (Å²) >= 11 is 6.86. The van der Waals surface area contributed by atoms with E-state index in [9.17, 15) is 17.4 Å². The molecule has 0 unspecified atom stereocenters. The largest absolute Gasteiger partial charge is 0.325 e. The van der Waals surface area contributed by atoms with Gasteiger partial charge in [0, 0.05) is 11.8 Å². The van der Waals surface area contributed by atoms with Gasteiger partial charge in [-0.25, -0.2) is 17.8 Å². The molecule has 6 nitrogen and oxygen atoms in total. The van der Waals surface area contributed by atoms with Crippen molar-refractivity contribution in [1.82, 2.24) is 0 Å². The third-order valence-electron chi connectivity index (χ3n) is 2.49. The molecule has 3 N–H and O–H groups in total. The van der Waals surface area contributed by atoms with E-state index in [4.69, 9.17) is 16.7 Å². The van der Waals surface area contributed by atoms with E-state index in [2.05, 4.69) is 5.32 Å². The highest BCUT2D eigenvalue weighted by atomic mass is 35.5. The minimum absolute atomic E-state index is 0.0585. The van der Waals surface area contributed by atoms with Gasteiger partial charge in [-0.2, -0.15) is 0 Å². The molecule has 0 aliphatic carbocycles. The molecule has 1 aromatic heterocycles. The number of nitrogens with one attached hydrogen (secondary N) is 1. The highest BCUT2D eigenvalue weighted by Gasteiger charge is 2.16. The molecule has 10 heteroatoms. The van der Waals surface area contributed by atoms with Crippen molar-refractivity contribution >= 4 is 55.4 Å². The van der Waals surface area contributed by atoms with Crippen molar-refractivity contribution in [2.75, 3.05) is 5.32 Å². The maximum atomic E-state index is 12.4. The molecule has 0 fully saturated rings. The normalized spacial score (nSPS) is 12.9. The predicted molar refractivity (Wildman–Crippen MR) is 86.1 cm³/mol. The van der Waals surface area contributed by atoms with Crippen LogP contribution >= 0.6 is 22.9 Å². The van der Waals surface area contributed by atoms with E-state index >= 15 is 0 Å². The zero-order valence-electron chi connectivity index (χ0n) is 11.2. The summed E-state index contributed by atoms with van der Waals surface area (Å²) in [6.07, 6.45) is 0. The molecule has 1 aromatic carbocycles. The SMILES string of the molecule is CC(=O)Nc1ccc([S@@](=O)c2ccc(S(N)(=O)=O)s2)cc1Cl. The number of carbonyl (C=O) groups is 1. The van der Waals surface area contributed by atoms with E-state index in [1.54, 1.807) is 6.07 Å². The maximum absolute atomic E-state index is 12.4. The zero-order chi connectivity index (χ0) is 16.5. The quantitative estimate of drug-likeness (QED) is 0.850. The smallest absolute Gasteiger partial charge is 0.247 e. The minimum Gasteiger partial charge on any atom is -0.325 e. The molecule has 1 atom stereocenters. The molecule has 0 saturated heterocycles. The number of hydrogen-bond donors (Lipinski definition) is 2. The highest BCUT2D eigenvalue weighted by molar-refractivity contribution is 7.92. The van der Waals surface area contributed by atoms with Gasteiger partial charge in [-0.05, 0) is 30.3 Å². The number of anilines is 1. The summed E-state index contributed by atoms with van der Waals surface area (Å²) in [5, 5.41) is 7.80. The summed E-state index contributed by atoms with van der Waals surface area (Å²) in [4.78, 5) is 11.4. The molecule has 0 spiro atoms. The molecule has 1 amide bonds. The third-order valence-corrected chi connectivity index (χ3v) is 7.00. The molecule has 2 aromatic rings. The van der Waals surface area contributed by atoms with Crippen molar-refractivity contribution in [3.63, 3.8) is 0 Å². The first-order chi connectivity index (χ1) is 10.2. The fourth-order valence-electron chi connectivity index (χ4n) is 1.57. The van der Waals surface area contributed by atoms with Gasteiger partial charge in [0.15, 0.2) is 0 Å². The Morgan fingerprint density at radius 1 is 1.32 bits per heavy atom. The Morgan fingerprint density at radius 2 is 2.00 bits per heavy atom. The van der Waals surface area contributed by atoms with Gasteiger partial charge in [0.2, 0.25) is 15.9 Å². The van der Waals surface area contributed by atoms with Gasteiger partial charge in [0.25, 0.3) is 0 Å². The molecule has 118 valence electrons. The van der Waals surface area contributed by atoms with E-state index in [1.165, 1.54) is 31.2 Å². The average Bonchev–Trinajstić information content (AvgIpc) is 2.89. The van der Waals surface area contributed by atoms with Crippen LogP contribution in [0.5, 0.6) is 0 Å². The van der Waals surface area contributed by atoms with Crippen LogP contribution in [-0.4, -0.2) is 18.5 Å². The van der Waals surface area contributed by atoms with Crippen LogP contribution in [0.1, 0.15) is 6.92 Å². The van der Waals surface area contributed by atoms with Gasteiger partial charge in [-0.15, -0.1) is 11.3 Å². The number of hydrogen-bond acceptors (Lipinski definition) is 5. The van der Waals surface area contributed by atoms with Crippen LogP contribution in [0.4, 0.5) is 5.69 Å². The Balaban J connectivity index is 2.32. The summed E-state index contributed by atoms with van der Waals surface area (Å²) in [5.41, 5.74) is 0.409. The molecule has 22 heavy (non-hydrogen) atoms. The molecule has 2 rings (SSSR count). The summed E-state index contributed by atoms with van der Waals surface area (Å²) in [5.74, 6) is -0.271. The summed E-state index contributed by atoms with van der Waals surface area (Å²) in [6, 6.07) is 7.28. The number of nitrogens with two attached hydrogens (primary N) is 1. The molecule has 0 radical (unpaired) electrons. The van der Waals surface area contributed by atoms with Crippen molar-refractivity contribution in [2.45, 2.75) is 20.2 Å². The fourth-order valence-corrected chi connectivity index (χ4v) is 5.19. The Kier molecular flexibility index (Phi) is 5.03. The first kappa shape index (κ1) is 17.1. The second-order valence-corrected chi connectivity index (χ2v) is 9.20. The number of halogens is 1. The lowest BCUT2D eigenvalue weighted by molar-refractivity contribution is -0.114. The lowest BCUT2D eigenvalue weighted by Crippen LogP contribution is -2.09. The number of benzene rings is 1. The summed E-state index contributed by atoms with van der Waals surface area (Å²) in [7, 11) is -5.41. The Bertz CT molecular complexity index is 861. The van der Waals surface area contributed by atoms with Crippen LogP contribution in [0.2, 0.25) is 5.02 Å². The van der Waals surface area contributed by atoms with Gasteiger partial charge in [0.05, 0.1) is 25.7 Å². The Morgan fingerprint density at radius 3 is 2.50 bits per heavy atom. The second-order valence-electron chi connectivity index (χ2n) is 4.21. The first-order valence-electron chi connectivity index (χ1n) is 5.80. The Hall–Kier alpha value is -1.26. The van der Waals surface area contributed by atoms with Gasteiger partial charge in [-0.3, -0.25) is 4.79 Å². The van der Waals surface area contributed by atoms with Gasteiger partial charge < -0.3 is 5.32 Å². The van der Waals surface area contributed by atoms with Gasteiger partial charge >= 0.3 is 0 Å². The van der Waals surface area contributed by atoms with E-state index in [-0.39, 0.29) is 15.1 Å². The number of primary sulfonamides is 1. The topological polar surface area (TPSA) is 106 Å². The lowest BCUT2D eigenvalue weighted by atomic mass is 10.3. The van der Waals surface area contributed by atoms with Crippen molar-refractivity contribution in [3.8, 4) is 0 Å². The number of rotatable bonds is 4. The third kappa shape index (κ3) is 3.93. The van der Waals surface area contributed by atoms with E-state index in [0.29, 0.717) is 14.8 Å². The highest BCUT2D eigenvalue weighted by Crippen LogP contribution is 2.30. The lowest BCUT2D eigenvalue weighted by Gasteiger charge is -2.06. The summed E-state index contributed by atoms with van der Waals surface area (Å²) < 4.78 is 35.2.